The maximum absolute atomic E-state index is 13.1. The van der Waals surface area contributed by atoms with Crippen LogP contribution in [0, 0.1) is 0 Å². The number of fused-ring (bicyclic) bond motifs is 1. The minimum absolute atomic E-state index is 0.0654. The van der Waals surface area contributed by atoms with Gasteiger partial charge in [-0.05, 0) is 23.7 Å². The predicted molar refractivity (Wildman–Crippen MR) is 127 cm³/mol. The van der Waals surface area contributed by atoms with Gasteiger partial charge in [-0.25, -0.2) is 4.79 Å². The molecule has 8 heteroatoms. The lowest BCUT2D eigenvalue weighted by molar-refractivity contribution is 0.0754. The van der Waals surface area contributed by atoms with Gasteiger partial charge in [-0.3, -0.25) is 9.13 Å². The fourth-order valence-electron chi connectivity index (χ4n) is 2.87. The van der Waals surface area contributed by atoms with E-state index in [9.17, 15) is 4.79 Å². The molecule has 0 saturated heterocycles. The van der Waals surface area contributed by atoms with Crippen LogP contribution in [0.2, 0.25) is 51.4 Å². The van der Waals surface area contributed by atoms with Gasteiger partial charge in [0.1, 0.15) is 13.5 Å². The molecular weight excluding hydrogens is 452 g/mol. The largest absolute Gasteiger partial charge is 0.361 e. The number of ether oxygens (including phenoxy) is 2. The van der Waals surface area contributed by atoms with Crippen LogP contribution in [0.15, 0.2) is 23.0 Å². The number of nitrogens with zero attached hydrogens (tertiary/aromatic N) is 2. The Morgan fingerprint density at radius 3 is 1.93 bits per heavy atom. The van der Waals surface area contributed by atoms with Crippen molar-refractivity contribution in [3.63, 3.8) is 0 Å². The minimum atomic E-state index is -1.15. The molecule has 2 aromatic rings. The van der Waals surface area contributed by atoms with Crippen LogP contribution in [0.5, 0.6) is 0 Å². The van der Waals surface area contributed by atoms with E-state index in [1.165, 1.54) is 0 Å². The fraction of sp³-hybridized carbons (Fsp3) is 0.650. The lowest BCUT2D eigenvalue weighted by atomic mass is 10.2. The number of benzene rings is 1. The van der Waals surface area contributed by atoms with Gasteiger partial charge < -0.3 is 9.47 Å². The smallest absolute Gasteiger partial charge is 0.332 e. The molecule has 0 aliphatic rings. The monoisotopic (exact) mass is 486 g/mol. The molecule has 0 atom stereocenters. The van der Waals surface area contributed by atoms with Crippen molar-refractivity contribution in [2.45, 2.75) is 70.2 Å². The molecule has 0 fully saturated rings. The van der Waals surface area contributed by atoms with Crippen molar-refractivity contribution >= 4 is 43.1 Å². The molecule has 0 spiro atoms. The number of hydrogen-bond acceptors (Lipinski definition) is 3. The summed E-state index contributed by atoms with van der Waals surface area (Å²) < 4.78 is 15.3. The molecule has 0 N–H and O–H groups in total. The number of halogens is 1. The molecule has 0 aliphatic carbocycles. The van der Waals surface area contributed by atoms with Crippen molar-refractivity contribution in [1.82, 2.24) is 9.13 Å². The van der Waals surface area contributed by atoms with Crippen LogP contribution in [0.1, 0.15) is 5.56 Å². The van der Waals surface area contributed by atoms with Crippen LogP contribution in [0.4, 0.5) is 0 Å². The molecule has 1 heterocycles. The second kappa shape index (κ2) is 9.89. The van der Waals surface area contributed by atoms with Gasteiger partial charge in [-0.1, -0.05) is 67.3 Å². The topological polar surface area (TPSA) is 45.4 Å². The molecule has 158 valence electrons. The minimum Gasteiger partial charge on any atom is -0.361 e. The lowest BCUT2D eigenvalue weighted by Crippen LogP contribution is -2.28. The average molecular weight is 488 g/mol. The zero-order valence-electron chi connectivity index (χ0n) is 18.2. The van der Waals surface area contributed by atoms with E-state index in [1.54, 1.807) is 9.13 Å². The fourth-order valence-corrected chi connectivity index (χ4v) is 4.84. The third-order valence-corrected chi connectivity index (χ3v) is 8.71. The number of hydrogen-bond donors (Lipinski definition) is 0. The van der Waals surface area contributed by atoms with E-state index in [0.29, 0.717) is 18.5 Å². The maximum Gasteiger partial charge on any atom is 0.332 e. The molecule has 1 aromatic heterocycles. The quantitative estimate of drug-likeness (QED) is 0.245. The number of aromatic nitrogens is 2. The van der Waals surface area contributed by atoms with E-state index < -0.39 is 16.1 Å². The van der Waals surface area contributed by atoms with Gasteiger partial charge in [0.15, 0.2) is 0 Å². The Labute approximate surface area is 179 Å². The lowest BCUT2D eigenvalue weighted by Gasteiger charge is -2.15. The van der Waals surface area contributed by atoms with E-state index in [0.717, 1.165) is 28.7 Å². The van der Waals surface area contributed by atoms with Crippen LogP contribution < -0.4 is 5.69 Å². The molecule has 28 heavy (non-hydrogen) atoms. The van der Waals surface area contributed by atoms with Gasteiger partial charge in [0.25, 0.3) is 0 Å². The summed E-state index contributed by atoms with van der Waals surface area (Å²) in [6, 6.07) is 8.21. The van der Waals surface area contributed by atoms with Crippen LogP contribution in [-0.2, 0) is 28.3 Å². The van der Waals surface area contributed by atoms with Crippen LogP contribution >= 0.6 is 15.9 Å². The zero-order chi connectivity index (χ0) is 20.9. The summed E-state index contributed by atoms with van der Waals surface area (Å²) in [5, 5.41) is 0.694. The second-order valence-corrected chi connectivity index (χ2v) is 21.6. The van der Waals surface area contributed by atoms with Crippen molar-refractivity contribution < 1.29 is 9.47 Å². The van der Waals surface area contributed by atoms with Crippen molar-refractivity contribution in [1.29, 1.82) is 0 Å². The van der Waals surface area contributed by atoms with Gasteiger partial charge in [0, 0.05) is 34.7 Å². The third kappa shape index (κ3) is 6.69. The van der Waals surface area contributed by atoms with E-state index in [1.807, 2.05) is 18.2 Å². The van der Waals surface area contributed by atoms with E-state index in [2.05, 4.69) is 55.2 Å². The second-order valence-electron chi connectivity index (χ2n) is 9.75. The van der Waals surface area contributed by atoms with E-state index >= 15 is 0 Å². The highest BCUT2D eigenvalue weighted by molar-refractivity contribution is 9.08. The zero-order valence-corrected chi connectivity index (χ0v) is 21.8. The number of imidazole rings is 1. The van der Waals surface area contributed by atoms with Crippen molar-refractivity contribution in [2.75, 3.05) is 13.2 Å². The summed E-state index contributed by atoms with van der Waals surface area (Å²) in [7, 11) is -2.30. The average Bonchev–Trinajstić information content (AvgIpc) is 2.85. The van der Waals surface area contributed by atoms with Gasteiger partial charge in [-0.2, -0.15) is 0 Å². The van der Waals surface area contributed by atoms with Crippen molar-refractivity contribution in [3.8, 4) is 0 Å². The Kier molecular flexibility index (Phi) is 8.33. The molecule has 1 aromatic carbocycles. The van der Waals surface area contributed by atoms with Gasteiger partial charge in [0.2, 0.25) is 0 Å². The molecule has 0 amide bonds. The summed E-state index contributed by atoms with van der Waals surface area (Å²) in [4.78, 5) is 13.1. The Balaban J connectivity index is 2.22. The highest BCUT2D eigenvalue weighted by Gasteiger charge is 2.18. The van der Waals surface area contributed by atoms with Crippen molar-refractivity contribution in [3.05, 3.63) is 34.2 Å². The molecule has 2 rings (SSSR count). The first-order chi connectivity index (χ1) is 13.0. The van der Waals surface area contributed by atoms with Crippen LogP contribution in [0.3, 0.4) is 0 Å². The third-order valence-electron chi connectivity index (χ3n) is 4.70. The van der Waals surface area contributed by atoms with E-state index in [4.69, 9.17) is 9.47 Å². The summed E-state index contributed by atoms with van der Waals surface area (Å²) >= 11 is 3.55. The number of rotatable bonds is 11. The molecule has 0 aliphatic heterocycles. The Hall–Kier alpha value is -0.676. The normalized spacial score (nSPS) is 12.8. The summed E-state index contributed by atoms with van der Waals surface area (Å²) in [5.41, 5.74) is 2.86. The predicted octanol–water partition coefficient (Wildman–Crippen LogP) is 5.32. The molecule has 0 bridgehead atoms. The Morgan fingerprint density at radius 1 is 0.893 bits per heavy atom. The summed E-state index contributed by atoms with van der Waals surface area (Å²) in [6.45, 7) is 15.9. The van der Waals surface area contributed by atoms with Gasteiger partial charge in [0.05, 0.1) is 11.0 Å². The summed E-state index contributed by atoms with van der Waals surface area (Å²) in [5.74, 6) is 0. The molecule has 5 nitrogen and oxygen atoms in total. The SMILES string of the molecule is C[Si](C)(C)CCOCn1c(=O)n(COCC[Si](C)(C)C)c2c(CBr)cccc21. The molecular formula is C20H35BrN2O3Si2. The first-order valence-electron chi connectivity index (χ1n) is 9.96. The highest BCUT2D eigenvalue weighted by atomic mass is 79.9. The standard InChI is InChI=1S/C20H35BrN2O3Si2/c1-27(2,3)12-10-25-15-22-18-9-7-8-17(14-21)19(18)23(20(22)24)16-26-11-13-28(4,5)6/h7-9H,10-16H2,1-6H3. The molecule has 0 radical (unpaired) electrons. The molecule has 0 saturated carbocycles. The number of alkyl halides is 1. The first-order valence-corrected chi connectivity index (χ1v) is 18.5. The van der Waals surface area contributed by atoms with Crippen LogP contribution in [0.25, 0.3) is 11.0 Å². The Bertz CT molecular complexity index is 835. The summed E-state index contributed by atoms with van der Waals surface area (Å²) in [6.07, 6.45) is 0. The van der Waals surface area contributed by atoms with Crippen molar-refractivity contribution in [2.24, 2.45) is 0 Å². The highest BCUT2D eigenvalue weighted by Crippen LogP contribution is 2.21. The van der Waals surface area contributed by atoms with Gasteiger partial charge >= 0.3 is 5.69 Å². The molecule has 0 unspecified atom stereocenters. The van der Waals surface area contributed by atoms with Gasteiger partial charge in [-0.15, -0.1) is 0 Å². The number of para-hydroxylation sites is 1. The van der Waals surface area contributed by atoms with E-state index in [-0.39, 0.29) is 19.2 Å². The first kappa shape index (κ1) is 23.6. The maximum atomic E-state index is 13.1. The van der Waals surface area contributed by atoms with Crippen LogP contribution in [-0.4, -0.2) is 38.5 Å². The Morgan fingerprint density at radius 2 is 1.43 bits per heavy atom.